The minimum Gasteiger partial charge on any atom is -0.493 e. The largest absolute Gasteiger partial charge is 0.493 e. The summed E-state index contributed by atoms with van der Waals surface area (Å²) in [6.45, 7) is 4.38. The molecule has 3 rings (SSSR count). The minimum absolute atomic E-state index is 0.0168. The van der Waals surface area contributed by atoms with Crippen molar-refractivity contribution in [3.63, 3.8) is 0 Å². The second kappa shape index (κ2) is 6.63. The topological polar surface area (TPSA) is 72.5 Å². The van der Waals surface area contributed by atoms with E-state index in [0.29, 0.717) is 17.9 Å². The molecule has 0 N–H and O–H groups in total. The zero-order valence-electron chi connectivity index (χ0n) is 13.5. The maximum atomic E-state index is 12.3. The van der Waals surface area contributed by atoms with Gasteiger partial charge < -0.3 is 13.9 Å². The number of ketones is 1. The molecule has 0 spiro atoms. The van der Waals surface area contributed by atoms with Gasteiger partial charge in [0.25, 0.3) is 0 Å². The Balaban J connectivity index is 2.02. The van der Waals surface area contributed by atoms with Gasteiger partial charge in [0.15, 0.2) is 5.76 Å². The fourth-order valence-electron chi connectivity index (χ4n) is 2.69. The van der Waals surface area contributed by atoms with Crippen LogP contribution >= 0.6 is 0 Å². The number of rotatable bonds is 5. The second-order valence-corrected chi connectivity index (χ2v) is 5.54. The standard InChI is InChI=1S/C19H17NO4/c1-3-22-17-9-13-7-12(2)24-18(13)10-14(17)8-15(11-20)19(21)16-5-4-6-23-16/h4-6,8-10,12H,3,7H2,1-2H3/b15-8+/t12-/m1/s1. The van der Waals surface area contributed by atoms with Crippen LogP contribution in [0.5, 0.6) is 11.5 Å². The van der Waals surface area contributed by atoms with Gasteiger partial charge in [-0.15, -0.1) is 0 Å². The molecule has 24 heavy (non-hydrogen) atoms. The smallest absolute Gasteiger partial charge is 0.238 e. The van der Waals surface area contributed by atoms with Gasteiger partial charge in [-0.05, 0) is 44.2 Å². The lowest BCUT2D eigenvalue weighted by Gasteiger charge is -2.10. The van der Waals surface area contributed by atoms with E-state index in [1.165, 1.54) is 18.4 Å². The summed E-state index contributed by atoms with van der Waals surface area (Å²) >= 11 is 0. The molecule has 5 nitrogen and oxygen atoms in total. The van der Waals surface area contributed by atoms with E-state index in [1.807, 2.05) is 32.0 Å². The Morgan fingerprint density at radius 2 is 2.33 bits per heavy atom. The first-order valence-corrected chi connectivity index (χ1v) is 7.78. The number of furan rings is 1. The van der Waals surface area contributed by atoms with Gasteiger partial charge in [0.05, 0.1) is 12.9 Å². The predicted octanol–water partition coefficient (Wildman–Crippen LogP) is 3.79. The Morgan fingerprint density at radius 1 is 1.50 bits per heavy atom. The number of benzene rings is 1. The Bertz CT molecular complexity index is 828. The summed E-state index contributed by atoms with van der Waals surface area (Å²) in [6.07, 6.45) is 3.84. The van der Waals surface area contributed by atoms with Gasteiger partial charge in [0.2, 0.25) is 5.78 Å². The summed E-state index contributed by atoms with van der Waals surface area (Å²) in [5.74, 6) is 1.07. The van der Waals surface area contributed by atoms with Crippen molar-refractivity contribution in [2.75, 3.05) is 6.61 Å². The van der Waals surface area contributed by atoms with Crippen LogP contribution in [-0.4, -0.2) is 18.5 Å². The molecule has 0 fully saturated rings. The summed E-state index contributed by atoms with van der Waals surface area (Å²) in [6, 6.07) is 8.81. The third-order valence-electron chi connectivity index (χ3n) is 3.74. The Morgan fingerprint density at radius 3 is 3.00 bits per heavy atom. The van der Waals surface area contributed by atoms with Crippen molar-refractivity contribution >= 4 is 11.9 Å². The van der Waals surface area contributed by atoms with Crippen LogP contribution in [0.3, 0.4) is 0 Å². The highest BCUT2D eigenvalue weighted by molar-refractivity contribution is 6.12. The molecule has 1 atom stereocenters. The normalized spacial score (nSPS) is 16.2. The zero-order valence-corrected chi connectivity index (χ0v) is 13.5. The SMILES string of the molecule is CCOc1cc2c(cc1/C=C(\C#N)C(=O)c1ccco1)O[C@H](C)C2. The fourth-order valence-corrected chi connectivity index (χ4v) is 2.69. The number of nitrogens with zero attached hydrogens (tertiary/aromatic N) is 1. The summed E-state index contributed by atoms with van der Waals surface area (Å²) in [5, 5.41) is 9.36. The number of hydrogen-bond acceptors (Lipinski definition) is 5. The monoisotopic (exact) mass is 323 g/mol. The highest BCUT2D eigenvalue weighted by Gasteiger charge is 2.22. The van der Waals surface area contributed by atoms with Crippen molar-refractivity contribution < 1.29 is 18.7 Å². The highest BCUT2D eigenvalue weighted by Crippen LogP contribution is 2.36. The third kappa shape index (κ3) is 3.04. The van der Waals surface area contributed by atoms with Crippen LogP contribution < -0.4 is 9.47 Å². The van der Waals surface area contributed by atoms with Crippen LogP contribution in [0, 0.1) is 11.3 Å². The van der Waals surface area contributed by atoms with Gasteiger partial charge in [-0.3, -0.25) is 4.79 Å². The number of allylic oxidation sites excluding steroid dienone is 1. The number of carbonyl (C=O) groups excluding carboxylic acids is 1. The Kier molecular flexibility index (Phi) is 4.39. The highest BCUT2D eigenvalue weighted by atomic mass is 16.5. The fraction of sp³-hybridized carbons (Fsp3) is 0.263. The number of Topliss-reactive ketones (excluding diaryl/α,β-unsaturated/α-hetero) is 1. The van der Waals surface area contributed by atoms with Gasteiger partial charge in [-0.2, -0.15) is 5.26 Å². The van der Waals surface area contributed by atoms with Crippen LogP contribution in [0.1, 0.15) is 35.5 Å². The first-order chi connectivity index (χ1) is 11.6. The predicted molar refractivity (Wildman–Crippen MR) is 88.0 cm³/mol. The van der Waals surface area contributed by atoms with Crippen LogP contribution in [-0.2, 0) is 6.42 Å². The maximum Gasteiger partial charge on any atom is 0.238 e. The number of hydrogen-bond donors (Lipinski definition) is 0. The van der Waals surface area contributed by atoms with Gasteiger partial charge >= 0.3 is 0 Å². The molecule has 1 aromatic carbocycles. The molecule has 1 aliphatic rings. The van der Waals surface area contributed by atoms with E-state index in [4.69, 9.17) is 13.9 Å². The Labute approximate surface area is 140 Å². The molecule has 0 aliphatic carbocycles. The van der Waals surface area contributed by atoms with Crippen molar-refractivity contribution in [1.29, 1.82) is 5.26 Å². The lowest BCUT2D eigenvalue weighted by atomic mass is 10.0. The molecule has 5 heteroatoms. The van der Waals surface area contributed by atoms with Crippen LogP contribution in [0.25, 0.3) is 6.08 Å². The Hall–Kier alpha value is -3.00. The van der Waals surface area contributed by atoms with Crippen LogP contribution in [0.15, 0.2) is 40.5 Å². The average molecular weight is 323 g/mol. The van der Waals surface area contributed by atoms with E-state index in [-0.39, 0.29) is 17.4 Å². The van der Waals surface area contributed by atoms with Crippen molar-refractivity contribution in [2.24, 2.45) is 0 Å². The van der Waals surface area contributed by atoms with Gasteiger partial charge in [-0.25, -0.2) is 0 Å². The van der Waals surface area contributed by atoms with E-state index >= 15 is 0 Å². The van der Waals surface area contributed by atoms with Gasteiger partial charge in [-0.1, -0.05) is 0 Å². The summed E-state index contributed by atoms with van der Waals surface area (Å²) in [4.78, 5) is 12.3. The molecular weight excluding hydrogens is 306 g/mol. The van der Waals surface area contributed by atoms with Crippen molar-refractivity contribution in [3.8, 4) is 17.6 Å². The molecule has 0 amide bonds. The number of ether oxygens (including phenoxy) is 2. The lowest BCUT2D eigenvalue weighted by Crippen LogP contribution is -2.05. The van der Waals surface area contributed by atoms with Crippen LogP contribution in [0.4, 0.5) is 0 Å². The third-order valence-corrected chi connectivity index (χ3v) is 3.74. The molecule has 1 aliphatic heterocycles. The molecule has 0 saturated heterocycles. The van der Waals surface area contributed by atoms with Crippen LogP contribution in [0.2, 0.25) is 0 Å². The molecule has 122 valence electrons. The van der Waals surface area contributed by atoms with Crippen molar-refractivity contribution in [1.82, 2.24) is 0 Å². The summed E-state index contributed by atoms with van der Waals surface area (Å²) in [7, 11) is 0. The van der Waals surface area contributed by atoms with Crippen molar-refractivity contribution in [2.45, 2.75) is 26.4 Å². The molecule has 0 unspecified atom stereocenters. The maximum absolute atomic E-state index is 12.3. The molecule has 0 radical (unpaired) electrons. The van der Waals surface area contributed by atoms with E-state index in [1.54, 1.807) is 6.07 Å². The molecule has 2 heterocycles. The lowest BCUT2D eigenvalue weighted by molar-refractivity contribution is 0.101. The first-order valence-electron chi connectivity index (χ1n) is 7.78. The number of carbonyl (C=O) groups is 1. The van der Waals surface area contributed by atoms with E-state index < -0.39 is 5.78 Å². The minimum atomic E-state index is -0.459. The summed E-state index contributed by atoms with van der Waals surface area (Å²) < 4.78 is 16.5. The van der Waals surface area contributed by atoms with E-state index in [2.05, 4.69) is 0 Å². The van der Waals surface area contributed by atoms with Gasteiger partial charge in [0, 0.05) is 17.5 Å². The molecule has 2 aromatic rings. The quantitative estimate of drug-likeness (QED) is 0.475. The molecule has 1 aromatic heterocycles. The second-order valence-electron chi connectivity index (χ2n) is 5.54. The zero-order chi connectivity index (χ0) is 17.1. The molecule has 0 bridgehead atoms. The van der Waals surface area contributed by atoms with Gasteiger partial charge in [0.1, 0.15) is 29.2 Å². The van der Waals surface area contributed by atoms with E-state index in [0.717, 1.165) is 17.7 Å². The van der Waals surface area contributed by atoms with E-state index in [9.17, 15) is 10.1 Å². The number of fused-ring (bicyclic) bond motifs is 1. The average Bonchev–Trinajstić information content (AvgIpc) is 3.20. The molecule has 0 saturated carbocycles. The summed E-state index contributed by atoms with van der Waals surface area (Å²) in [5.41, 5.74) is 1.69. The number of nitriles is 1. The first kappa shape index (κ1) is 15.9. The molecular formula is C19H17NO4. The van der Waals surface area contributed by atoms with Crippen molar-refractivity contribution in [3.05, 3.63) is 53.0 Å².